The molecule has 2 aliphatic rings. The second-order valence-electron chi connectivity index (χ2n) is 9.12. The van der Waals surface area contributed by atoms with Crippen LogP contribution in [-0.4, -0.2) is 72.7 Å². The van der Waals surface area contributed by atoms with Crippen LogP contribution >= 0.6 is 0 Å². The molecule has 1 aromatic carbocycles. The third-order valence-corrected chi connectivity index (χ3v) is 7.02. The summed E-state index contributed by atoms with van der Waals surface area (Å²) in [7, 11) is 2.80. The van der Waals surface area contributed by atoms with Gasteiger partial charge >= 0.3 is 5.97 Å². The molecule has 0 N–H and O–H groups in total. The van der Waals surface area contributed by atoms with E-state index in [1.165, 1.54) is 20.3 Å². The van der Waals surface area contributed by atoms with Gasteiger partial charge in [-0.2, -0.15) is 0 Å². The first-order chi connectivity index (χ1) is 17.5. The number of carbonyl (C=O) groups is 2. The standard InChI is InChI=1S/C27H35N3O6/c1-4-36-22-11-6-5-9-19(22)18-28-14-12-20-25(23(34-2)17-24(31)29(20)16-15-28)26(32)30-13-8-7-10-21(30)27(33)35-3/h5-6,9,11,17,21H,4,7-8,10,12-16,18H2,1-3H3/t21-/m1/s1. The number of carbonyl (C=O) groups excluding carboxylic acids is 2. The zero-order chi connectivity index (χ0) is 25.7. The number of rotatable bonds is 7. The van der Waals surface area contributed by atoms with Crippen molar-refractivity contribution in [3.05, 3.63) is 57.5 Å². The Morgan fingerprint density at radius 2 is 1.83 bits per heavy atom. The maximum Gasteiger partial charge on any atom is 0.328 e. The van der Waals surface area contributed by atoms with Crippen LogP contribution in [-0.2, 0) is 29.0 Å². The predicted molar refractivity (Wildman–Crippen MR) is 135 cm³/mol. The summed E-state index contributed by atoms with van der Waals surface area (Å²) in [6, 6.07) is 8.72. The molecule has 1 saturated heterocycles. The van der Waals surface area contributed by atoms with Crippen LogP contribution in [0.2, 0.25) is 0 Å². The fourth-order valence-electron chi connectivity index (χ4n) is 5.21. The van der Waals surface area contributed by atoms with E-state index in [9.17, 15) is 14.4 Å². The number of ether oxygens (including phenoxy) is 3. The van der Waals surface area contributed by atoms with Crippen LogP contribution in [0, 0.1) is 0 Å². The Balaban J connectivity index is 1.65. The lowest BCUT2D eigenvalue weighted by atomic mass is 9.99. The van der Waals surface area contributed by atoms with Gasteiger partial charge in [-0.1, -0.05) is 18.2 Å². The molecule has 194 valence electrons. The Kier molecular flexibility index (Phi) is 8.30. The number of methoxy groups -OCH3 is 2. The predicted octanol–water partition coefficient (Wildman–Crippen LogP) is 2.48. The summed E-state index contributed by atoms with van der Waals surface area (Å²) in [5.74, 6) is 0.400. The van der Waals surface area contributed by atoms with E-state index in [-0.39, 0.29) is 17.2 Å². The number of likely N-dealkylation sites (tertiary alicyclic amines) is 1. The molecule has 0 bridgehead atoms. The zero-order valence-corrected chi connectivity index (χ0v) is 21.3. The number of hydrogen-bond acceptors (Lipinski definition) is 7. The minimum Gasteiger partial charge on any atom is -0.496 e. The molecule has 9 heteroatoms. The fourth-order valence-corrected chi connectivity index (χ4v) is 5.21. The first-order valence-corrected chi connectivity index (χ1v) is 12.6. The molecule has 1 amide bonds. The van der Waals surface area contributed by atoms with E-state index in [1.807, 2.05) is 25.1 Å². The van der Waals surface area contributed by atoms with Crippen LogP contribution < -0.4 is 15.0 Å². The van der Waals surface area contributed by atoms with Crippen molar-refractivity contribution in [3.8, 4) is 11.5 Å². The highest BCUT2D eigenvalue weighted by molar-refractivity contribution is 6.00. The van der Waals surface area contributed by atoms with Crippen LogP contribution in [0.3, 0.4) is 0 Å². The fraction of sp³-hybridized carbons (Fsp3) is 0.519. The number of hydrogen-bond donors (Lipinski definition) is 0. The lowest BCUT2D eigenvalue weighted by Gasteiger charge is -2.34. The molecule has 1 fully saturated rings. The molecule has 0 aliphatic carbocycles. The van der Waals surface area contributed by atoms with Crippen molar-refractivity contribution in [2.24, 2.45) is 0 Å². The van der Waals surface area contributed by atoms with E-state index >= 15 is 0 Å². The Hall–Kier alpha value is -3.33. The van der Waals surface area contributed by atoms with Gasteiger partial charge in [0.25, 0.3) is 11.5 Å². The van der Waals surface area contributed by atoms with Crippen molar-refractivity contribution in [3.63, 3.8) is 0 Å². The second-order valence-corrected chi connectivity index (χ2v) is 9.12. The summed E-state index contributed by atoms with van der Waals surface area (Å²) in [4.78, 5) is 43.2. The molecule has 2 aromatic rings. The van der Waals surface area contributed by atoms with Crippen LogP contribution in [0.1, 0.15) is 47.8 Å². The van der Waals surface area contributed by atoms with Gasteiger partial charge in [-0.3, -0.25) is 14.5 Å². The molecule has 9 nitrogen and oxygen atoms in total. The Labute approximate surface area is 211 Å². The number of para-hydroxylation sites is 1. The average molecular weight is 498 g/mol. The number of amides is 1. The number of esters is 1. The molecule has 0 spiro atoms. The van der Waals surface area contributed by atoms with Gasteiger partial charge in [-0.15, -0.1) is 0 Å². The van der Waals surface area contributed by atoms with Gasteiger partial charge < -0.3 is 23.7 Å². The van der Waals surface area contributed by atoms with Gasteiger partial charge in [0.2, 0.25) is 0 Å². The lowest BCUT2D eigenvalue weighted by molar-refractivity contribution is -0.147. The minimum absolute atomic E-state index is 0.196. The number of aromatic nitrogens is 1. The third kappa shape index (κ3) is 5.26. The minimum atomic E-state index is -0.633. The van der Waals surface area contributed by atoms with Crippen LogP contribution in [0.25, 0.3) is 0 Å². The van der Waals surface area contributed by atoms with Crippen molar-refractivity contribution in [2.75, 3.05) is 40.5 Å². The summed E-state index contributed by atoms with van der Waals surface area (Å²) in [6.45, 7) is 5.46. The monoisotopic (exact) mass is 497 g/mol. The molecule has 0 radical (unpaired) electrons. The Bertz CT molecular complexity index is 1160. The van der Waals surface area contributed by atoms with E-state index in [4.69, 9.17) is 14.2 Å². The second kappa shape index (κ2) is 11.6. The van der Waals surface area contributed by atoms with Gasteiger partial charge in [-0.25, -0.2) is 4.79 Å². The largest absolute Gasteiger partial charge is 0.496 e. The van der Waals surface area contributed by atoms with Crippen molar-refractivity contribution in [2.45, 2.75) is 51.7 Å². The topological polar surface area (TPSA) is 90.3 Å². The first-order valence-electron chi connectivity index (χ1n) is 12.6. The molecule has 1 aromatic heterocycles. The lowest BCUT2D eigenvalue weighted by Crippen LogP contribution is -2.49. The highest BCUT2D eigenvalue weighted by atomic mass is 16.5. The molecule has 4 rings (SSSR count). The van der Waals surface area contributed by atoms with Crippen LogP contribution in [0.5, 0.6) is 11.5 Å². The Morgan fingerprint density at radius 3 is 2.58 bits per heavy atom. The molecular formula is C27H35N3O6. The summed E-state index contributed by atoms with van der Waals surface area (Å²) < 4.78 is 18.0. The molecule has 2 aliphatic heterocycles. The molecule has 36 heavy (non-hydrogen) atoms. The van der Waals surface area contributed by atoms with Gasteiger partial charge in [0.05, 0.1) is 20.8 Å². The average Bonchev–Trinajstić information content (AvgIpc) is 3.12. The summed E-state index contributed by atoms with van der Waals surface area (Å²) in [5, 5.41) is 0. The highest BCUT2D eigenvalue weighted by Crippen LogP contribution is 2.29. The quantitative estimate of drug-likeness (QED) is 0.543. The van der Waals surface area contributed by atoms with E-state index in [2.05, 4.69) is 11.0 Å². The van der Waals surface area contributed by atoms with Gasteiger partial charge in [-0.05, 0) is 32.3 Å². The van der Waals surface area contributed by atoms with E-state index < -0.39 is 12.0 Å². The van der Waals surface area contributed by atoms with E-state index in [0.29, 0.717) is 63.4 Å². The van der Waals surface area contributed by atoms with Gasteiger partial charge in [0.1, 0.15) is 23.1 Å². The van der Waals surface area contributed by atoms with Crippen LogP contribution in [0.15, 0.2) is 35.1 Å². The summed E-state index contributed by atoms with van der Waals surface area (Å²) in [5.41, 5.74) is 1.91. The molecule has 1 atom stereocenters. The maximum atomic E-state index is 13.9. The van der Waals surface area contributed by atoms with Gasteiger partial charge in [0, 0.05) is 56.5 Å². The maximum absolute atomic E-state index is 13.9. The number of piperidine rings is 1. The van der Waals surface area contributed by atoms with Crippen molar-refractivity contribution < 1.29 is 23.8 Å². The third-order valence-electron chi connectivity index (χ3n) is 7.02. The normalized spacial score (nSPS) is 18.2. The highest BCUT2D eigenvalue weighted by Gasteiger charge is 2.36. The summed E-state index contributed by atoms with van der Waals surface area (Å²) in [6.07, 6.45) is 2.72. The number of pyridine rings is 1. The SMILES string of the molecule is CCOc1ccccc1CN1CCc2c(C(=O)N3CCCC[C@@H]3C(=O)OC)c(OC)cc(=O)n2CC1. The van der Waals surface area contributed by atoms with Gasteiger partial charge in [0.15, 0.2) is 0 Å². The Morgan fingerprint density at radius 1 is 1.03 bits per heavy atom. The molecule has 0 saturated carbocycles. The van der Waals surface area contributed by atoms with Crippen molar-refractivity contribution in [1.29, 1.82) is 0 Å². The number of fused-ring (bicyclic) bond motifs is 1. The van der Waals surface area contributed by atoms with E-state index in [1.54, 1.807) is 9.47 Å². The molecule has 3 heterocycles. The number of benzene rings is 1. The molecular weight excluding hydrogens is 462 g/mol. The molecule has 0 unspecified atom stereocenters. The summed E-state index contributed by atoms with van der Waals surface area (Å²) >= 11 is 0. The first kappa shape index (κ1) is 25.8. The smallest absolute Gasteiger partial charge is 0.328 e. The van der Waals surface area contributed by atoms with Crippen molar-refractivity contribution >= 4 is 11.9 Å². The van der Waals surface area contributed by atoms with Crippen LogP contribution in [0.4, 0.5) is 0 Å². The zero-order valence-electron chi connectivity index (χ0n) is 21.3. The van der Waals surface area contributed by atoms with Crippen molar-refractivity contribution in [1.82, 2.24) is 14.4 Å². The van der Waals surface area contributed by atoms with E-state index in [0.717, 1.165) is 24.2 Å². The number of nitrogens with zero attached hydrogens (tertiary/aromatic N) is 3.